The molecule has 0 saturated carbocycles. The largest absolute Gasteiger partial charge is 0.469 e. The van der Waals surface area contributed by atoms with E-state index in [9.17, 15) is 5.11 Å². The SMILES string of the molecule is OC1(Cc2ccco2)CCN2CCCC21. The van der Waals surface area contributed by atoms with E-state index < -0.39 is 5.60 Å². The summed E-state index contributed by atoms with van der Waals surface area (Å²) < 4.78 is 5.33. The minimum absolute atomic E-state index is 0.364. The van der Waals surface area contributed by atoms with Gasteiger partial charge >= 0.3 is 0 Å². The highest BCUT2D eigenvalue weighted by atomic mass is 16.3. The van der Waals surface area contributed by atoms with Gasteiger partial charge in [0.25, 0.3) is 0 Å². The molecule has 3 nitrogen and oxygen atoms in total. The Hall–Kier alpha value is -0.800. The summed E-state index contributed by atoms with van der Waals surface area (Å²) in [4.78, 5) is 2.42. The van der Waals surface area contributed by atoms with Crippen LogP contribution in [0.4, 0.5) is 0 Å². The Morgan fingerprint density at radius 1 is 1.53 bits per heavy atom. The highest BCUT2D eigenvalue weighted by Gasteiger charge is 2.48. The van der Waals surface area contributed by atoms with Crippen LogP contribution < -0.4 is 0 Å². The topological polar surface area (TPSA) is 36.6 Å². The van der Waals surface area contributed by atoms with E-state index in [1.54, 1.807) is 6.26 Å². The van der Waals surface area contributed by atoms with E-state index in [4.69, 9.17) is 4.42 Å². The van der Waals surface area contributed by atoms with Crippen LogP contribution in [0.3, 0.4) is 0 Å². The quantitative estimate of drug-likeness (QED) is 0.797. The Morgan fingerprint density at radius 2 is 2.47 bits per heavy atom. The van der Waals surface area contributed by atoms with Gasteiger partial charge in [0, 0.05) is 19.0 Å². The van der Waals surface area contributed by atoms with Crippen LogP contribution >= 0.6 is 0 Å². The van der Waals surface area contributed by atoms with E-state index in [1.807, 2.05) is 12.1 Å². The Morgan fingerprint density at radius 3 is 3.27 bits per heavy atom. The summed E-state index contributed by atoms with van der Waals surface area (Å²) in [5, 5.41) is 10.6. The summed E-state index contributed by atoms with van der Waals surface area (Å²) in [5.41, 5.74) is -0.547. The standard InChI is InChI=1S/C12H17NO2/c14-12(9-10-3-2-8-15-10)5-7-13-6-1-4-11(12)13/h2-3,8,11,14H,1,4-7,9H2. The zero-order chi connectivity index (χ0) is 10.3. The Balaban J connectivity index is 1.79. The molecule has 2 unspecified atom stereocenters. The van der Waals surface area contributed by atoms with Crippen LogP contribution in [-0.2, 0) is 6.42 Å². The molecule has 0 radical (unpaired) electrons. The first-order chi connectivity index (χ1) is 7.28. The Labute approximate surface area is 89.7 Å². The van der Waals surface area contributed by atoms with Crippen molar-refractivity contribution in [2.45, 2.75) is 37.3 Å². The van der Waals surface area contributed by atoms with Crippen LogP contribution in [0.15, 0.2) is 22.8 Å². The van der Waals surface area contributed by atoms with Crippen LogP contribution in [0.5, 0.6) is 0 Å². The third kappa shape index (κ3) is 1.50. The zero-order valence-corrected chi connectivity index (χ0v) is 8.85. The smallest absolute Gasteiger partial charge is 0.106 e. The zero-order valence-electron chi connectivity index (χ0n) is 8.85. The van der Waals surface area contributed by atoms with Gasteiger partial charge in [0.2, 0.25) is 0 Å². The first kappa shape index (κ1) is 9.43. The first-order valence-electron chi connectivity index (χ1n) is 5.77. The molecule has 2 aliphatic rings. The molecule has 2 atom stereocenters. The van der Waals surface area contributed by atoms with Gasteiger partial charge in [-0.05, 0) is 37.9 Å². The maximum Gasteiger partial charge on any atom is 0.106 e. The van der Waals surface area contributed by atoms with Crippen LogP contribution in [-0.4, -0.2) is 34.7 Å². The van der Waals surface area contributed by atoms with E-state index in [1.165, 1.54) is 6.42 Å². The lowest BCUT2D eigenvalue weighted by molar-refractivity contribution is 0.00984. The normalized spacial score (nSPS) is 35.9. The van der Waals surface area contributed by atoms with Gasteiger partial charge in [0.1, 0.15) is 5.76 Å². The summed E-state index contributed by atoms with van der Waals surface area (Å²) in [5.74, 6) is 0.909. The lowest BCUT2D eigenvalue weighted by atomic mass is 9.88. The van der Waals surface area contributed by atoms with Crippen LogP contribution in [0.1, 0.15) is 25.0 Å². The highest BCUT2D eigenvalue weighted by Crippen LogP contribution is 2.38. The number of fused-ring (bicyclic) bond motifs is 1. The summed E-state index contributed by atoms with van der Waals surface area (Å²) in [7, 11) is 0. The van der Waals surface area contributed by atoms with Gasteiger partial charge in [-0.15, -0.1) is 0 Å². The Bertz CT molecular complexity index is 335. The summed E-state index contributed by atoms with van der Waals surface area (Å²) in [6.07, 6.45) is 5.60. The monoisotopic (exact) mass is 207 g/mol. The van der Waals surface area contributed by atoms with Gasteiger partial charge in [0.05, 0.1) is 11.9 Å². The van der Waals surface area contributed by atoms with Crippen LogP contribution in [0.2, 0.25) is 0 Å². The molecule has 0 aromatic carbocycles. The van der Waals surface area contributed by atoms with Gasteiger partial charge in [-0.1, -0.05) is 0 Å². The molecule has 3 heterocycles. The summed E-state index contributed by atoms with van der Waals surface area (Å²) in [6.45, 7) is 2.20. The van der Waals surface area contributed by atoms with E-state index in [2.05, 4.69) is 4.90 Å². The average molecular weight is 207 g/mol. The molecule has 0 amide bonds. The van der Waals surface area contributed by atoms with Gasteiger partial charge in [-0.3, -0.25) is 4.90 Å². The van der Waals surface area contributed by atoms with E-state index >= 15 is 0 Å². The van der Waals surface area contributed by atoms with Crippen molar-refractivity contribution in [3.63, 3.8) is 0 Å². The lowest BCUT2D eigenvalue weighted by Gasteiger charge is -2.29. The highest BCUT2D eigenvalue weighted by molar-refractivity contribution is 5.10. The maximum atomic E-state index is 10.6. The van der Waals surface area contributed by atoms with Crippen molar-refractivity contribution in [2.75, 3.05) is 13.1 Å². The maximum absolute atomic E-state index is 10.6. The molecule has 1 aromatic heterocycles. The van der Waals surface area contributed by atoms with Crippen LogP contribution in [0.25, 0.3) is 0 Å². The summed E-state index contributed by atoms with van der Waals surface area (Å²) in [6, 6.07) is 4.21. The van der Waals surface area contributed by atoms with Gasteiger partial charge in [-0.25, -0.2) is 0 Å². The number of hydrogen-bond acceptors (Lipinski definition) is 3. The number of hydrogen-bond donors (Lipinski definition) is 1. The predicted octanol–water partition coefficient (Wildman–Crippen LogP) is 1.42. The molecule has 2 aliphatic heterocycles. The molecule has 15 heavy (non-hydrogen) atoms. The minimum atomic E-state index is -0.547. The Kier molecular flexibility index (Phi) is 2.11. The minimum Gasteiger partial charge on any atom is -0.469 e. The molecule has 0 spiro atoms. The third-order valence-corrected chi connectivity index (χ3v) is 3.88. The van der Waals surface area contributed by atoms with Crippen molar-refractivity contribution in [1.82, 2.24) is 4.90 Å². The average Bonchev–Trinajstić information content (AvgIpc) is 2.87. The van der Waals surface area contributed by atoms with Crippen molar-refractivity contribution in [3.8, 4) is 0 Å². The molecule has 0 bridgehead atoms. The molecule has 0 aliphatic carbocycles. The number of aliphatic hydroxyl groups is 1. The second-order valence-electron chi connectivity index (χ2n) is 4.80. The lowest BCUT2D eigenvalue weighted by Crippen LogP contribution is -2.42. The number of rotatable bonds is 2. The molecule has 2 fully saturated rings. The van der Waals surface area contributed by atoms with E-state index in [-0.39, 0.29) is 0 Å². The van der Waals surface area contributed by atoms with Gasteiger partial charge in [-0.2, -0.15) is 0 Å². The molecule has 2 saturated heterocycles. The van der Waals surface area contributed by atoms with Crippen molar-refractivity contribution in [1.29, 1.82) is 0 Å². The fraction of sp³-hybridized carbons (Fsp3) is 0.667. The van der Waals surface area contributed by atoms with E-state index in [0.29, 0.717) is 12.5 Å². The number of nitrogens with zero attached hydrogens (tertiary/aromatic N) is 1. The third-order valence-electron chi connectivity index (χ3n) is 3.88. The fourth-order valence-electron chi connectivity index (χ4n) is 3.13. The van der Waals surface area contributed by atoms with Crippen LogP contribution in [0, 0.1) is 0 Å². The second-order valence-corrected chi connectivity index (χ2v) is 4.80. The molecular formula is C12H17NO2. The second kappa shape index (κ2) is 3.35. The molecular weight excluding hydrogens is 190 g/mol. The fourth-order valence-corrected chi connectivity index (χ4v) is 3.13. The molecule has 82 valence electrons. The van der Waals surface area contributed by atoms with E-state index in [0.717, 1.165) is 31.7 Å². The van der Waals surface area contributed by atoms with Crippen molar-refractivity contribution < 1.29 is 9.52 Å². The van der Waals surface area contributed by atoms with Crippen molar-refractivity contribution >= 4 is 0 Å². The van der Waals surface area contributed by atoms with Crippen molar-refractivity contribution in [3.05, 3.63) is 24.2 Å². The van der Waals surface area contributed by atoms with Gasteiger partial charge < -0.3 is 9.52 Å². The predicted molar refractivity (Wildman–Crippen MR) is 56.6 cm³/mol. The van der Waals surface area contributed by atoms with Crippen molar-refractivity contribution in [2.24, 2.45) is 0 Å². The first-order valence-corrected chi connectivity index (χ1v) is 5.77. The number of furan rings is 1. The molecule has 1 aromatic rings. The molecule has 1 N–H and O–H groups in total. The summed E-state index contributed by atoms with van der Waals surface area (Å²) >= 11 is 0. The van der Waals surface area contributed by atoms with Gasteiger partial charge in [0.15, 0.2) is 0 Å². The molecule has 3 rings (SSSR count). The molecule has 3 heteroatoms.